The van der Waals surface area contributed by atoms with Gasteiger partial charge in [0, 0.05) is 22.6 Å². The molecule has 0 saturated carbocycles. The SMILES string of the molecule is Cc1oc2c3c(ccc2c(=O)c1-c1ccc(Br)cc1)OCN(Cc1ccc(Cl)cc1)C3. The molecular weight excluding hydrogens is 478 g/mol. The standard InChI is InChI=1S/C25H19BrClNO3/c1-15-23(17-4-6-18(26)7-5-17)24(29)20-10-11-22-21(25(20)31-15)13-28(14-30-22)12-16-2-8-19(27)9-3-16/h2-11H,12-14H2,1H3. The third-order valence-corrected chi connectivity index (χ3v) is 6.31. The summed E-state index contributed by atoms with van der Waals surface area (Å²) in [5.41, 5.74) is 4.05. The van der Waals surface area contributed by atoms with Crippen LogP contribution in [0.25, 0.3) is 22.1 Å². The third kappa shape index (κ3) is 3.89. The molecule has 1 aromatic heterocycles. The van der Waals surface area contributed by atoms with Crippen molar-refractivity contribution in [2.75, 3.05) is 6.73 Å². The monoisotopic (exact) mass is 495 g/mol. The molecule has 1 aliphatic rings. The molecule has 156 valence electrons. The Labute approximate surface area is 193 Å². The summed E-state index contributed by atoms with van der Waals surface area (Å²) in [6.45, 7) is 3.66. The number of nitrogens with zero attached hydrogens (tertiary/aromatic N) is 1. The second-order valence-electron chi connectivity index (χ2n) is 7.68. The van der Waals surface area contributed by atoms with E-state index in [1.807, 2.05) is 61.5 Å². The summed E-state index contributed by atoms with van der Waals surface area (Å²) in [6, 6.07) is 19.2. The molecule has 0 aliphatic carbocycles. The van der Waals surface area contributed by atoms with Gasteiger partial charge in [-0.05, 0) is 54.4 Å². The molecule has 0 N–H and O–H groups in total. The van der Waals surface area contributed by atoms with Crippen LogP contribution in [0.3, 0.4) is 0 Å². The summed E-state index contributed by atoms with van der Waals surface area (Å²) in [5, 5.41) is 1.29. The van der Waals surface area contributed by atoms with Crippen LogP contribution in [-0.4, -0.2) is 11.6 Å². The summed E-state index contributed by atoms with van der Waals surface area (Å²) >= 11 is 9.44. The molecule has 0 saturated heterocycles. The van der Waals surface area contributed by atoms with Crippen molar-refractivity contribution >= 4 is 38.5 Å². The molecule has 4 nitrogen and oxygen atoms in total. The first-order valence-electron chi connectivity index (χ1n) is 9.94. The van der Waals surface area contributed by atoms with E-state index in [2.05, 4.69) is 20.8 Å². The van der Waals surface area contributed by atoms with Crippen LogP contribution in [0.4, 0.5) is 0 Å². The van der Waals surface area contributed by atoms with E-state index < -0.39 is 0 Å². The van der Waals surface area contributed by atoms with E-state index in [-0.39, 0.29) is 5.43 Å². The van der Waals surface area contributed by atoms with Gasteiger partial charge >= 0.3 is 0 Å². The van der Waals surface area contributed by atoms with Crippen molar-refractivity contribution in [2.24, 2.45) is 0 Å². The maximum Gasteiger partial charge on any atom is 0.200 e. The first-order valence-corrected chi connectivity index (χ1v) is 11.1. The Morgan fingerprint density at radius 1 is 1.03 bits per heavy atom. The van der Waals surface area contributed by atoms with Gasteiger partial charge < -0.3 is 9.15 Å². The number of ether oxygens (including phenoxy) is 1. The summed E-state index contributed by atoms with van der Waals surface area (Å²) in [6.07, 6.45) is 0. The van der Waals surface area contributed by atoms with Gasteiger partial charge in [0.05, 0.1) is 16.5 Å². The molecule has 6 heteroatoms. The van der Waals surface area contributed by atoms with Gasteiger partial charge in [-0.15, -0.1) is 0 Å². The van der Waals surface area contributed by atoms with Crippen LogP contribution >= 0.6 is 27.5 Å². The number of rotatable bonds is 3. The summed E-state index contributed by atoms with van der Waals surface area (Å²) < 4.78 is 13.2. The molecule has 0 radical (unpaired) electrons. The number of benzene rings is 3. The number of halogens is 2. The van der Waals surface area contributed by atoms with Crippen LogP contribution in [0.2, 0.25) is 5.02 Å². The van der Waals surface area contributed by atoms with E-state index in [4.69, 9.17) is 20.8 Å². The van der Waals surface area contributed by atoms with Crippen molar-refractivity contribution in [2.45, 2.75) is 20.0 Å². The van der Waals surface area contributed by atoms with Crippen molar-refractivity contribution in [3.8, 4) is 16.9 Å². The van der Waals surface area contributed by atoms with Crippen molar-refractivity contribution in [3.63, 3.8) is 0 Å². The predicted octanol–water partition coefficient (Wildman–Crippen LogP) is 6.54. The molecule has 2 heterocycles. The minimum atomic E-state index is -0.0290. The Hall–Kier alpha value is -2.60. The summed E-state index contributed by atoms with van der Waals surface area (Å²) in [7, 11) is 0. The lowest BCUT2D eigenvalue weighted by atomic mass is 10.0. The molecule has 3 aromatic carbocycles. The number of fused-ring (bicyclic) bond motifs is 3. The molecular formula is C25H19BrClNO3. The Balaban J connectivity index is 1.55. The van der Waals surface area contributed by atoms with Crippen molar-refractivity contribution in [1.82, 2.24) is 4.90 Å². The van der Waals surface area contributed by atoms with Crippen LogP contribution < -0.4 is 10.2 Å². The quantitative estimate of drug-likeness (QED) is 0.323. The fraction of sp³-hybridized carbons (Fsp3) is 0.160. The van der Waals surface area contributed by atoms with Crippen LogP contribution in [0.1, 0.15) is 16.9 Å². The summed E-state index contributed by atoms with van der Waals surface area (Å²) in [4.78, 5) is 15.6. The van der Waals surface area contributed by atoms with Gasteiger partial charge in [0.15, 0.2) is 0 Å². The van der Waals surface area contributed by atoms with Crippen LogP contribution in [0.15, 0.2) is 74.3 Å². The van der Waals surface area contributed by atoms with Crippen molar-refractivity contribution < 1.29 is 9.15 Å². The van der Waals surface area contributed by atoms with Gasteiger partial charge in [0.1, 0.15) is 23.8 Å². The highest BCUT2D eigenvalue weighted by Gasteiger charge is 2.24. The average Bonchev–Trinajstić information content (AvgIpc) is 2.76. The first-order chi connectivity index (χ1) is 15.0. The van der Waals surface area contributed by atoms with E-state index >= 15 is 0 Å². The normalized spacial score (nSPS) is 13.8. The van der Waals surface area contributed by atoms with E-state index in [0.717, 1.165) is 26.9 Å². The molecule has 4 aromatic rings. The van der Waals surface area contributed by atoms with Gasteiger partial charge in [0.2, 0.25) is 5.43 Å². The van der Waals surface area contributed by atoms with Gasteiger partial charge in [0.25, 0.3) is 0 Å². The lowest BCUT2D eigenvalue weighted by molar-refractivity contribution is 0.0890. The fourth-order valence-corrected chi connectivity index (χ4v) is 4.41. The zero-order valence-electron chi connectivity index (χ0n) is 16.8. The first kappa shape index (κ1) is 20.3. The highest BCUT2D eigenvalue weighted by molar-refractivity contribution is 9.10. The Kier molecular flexibility index (Phi) is 5.34. The van der Waals surface area contributed by atoms with Gasteiger partial charge in [-0.1, -0.05) is 51.8 Å². The molecule has 1 aliphatic heterocycles. The van der Waals surface area contributed by atoms with Crippen LogP contribution in [0.5, 0.6) is 5.75 Å². The molecule has 0 spiro atoms. The number of aryl methyl sites for hydroxylation is 1. The third-order valence-electron chi connectivity index (χ3n) is 5.53. The number of hydrogen-bond donors (Lipinski definition) is 0. The van der Waals surface area contributed by atoms with Crippen LogP contribution in [0, 0.1) is 6.92 Å². The largest absolute Gasteiger partial charge is 0.478 e. The topological polar surface area (TPSA) is 42.7 Å². The van der Waals surface area contributed by atoms with Gasteiger partial charge in [-0.25, -0.2) is 0 Å². The average molecular weight is 497 g/mol. The molecule has 0 unspecified atom stereocenters. The van der Waals surface area contributed by atoms with Gasteiger partial charge in [-0.3, -0.25) is 9.69 Å². The minimum absolute atomic E-state index is 0.0290. The van der Waals surface area contributed by atoms with Crippen molar-refractivity contribution in [1.29, 1.82) is 0 Å². The molecule has 5 rings (SSSR count). The molecule has 0 amide bonds. The molecule has 31 heavy (non-hydrogen) atoms. The lowest BCUT2D eigenvalue weighted by Crippen LogP contribution is -2.31. The van der Waals surface area contributed by atoms with Gasteiger partial charge in [-0.2, -0.15) is 0 Å². The molecule has 0 atom stereocenters. The Bertz CT molecular complexity index is 1330. The maximum atomic E-state index is 13.4. The van der Waals surface area contributed by atoms with Crippen LogP contribution in [-0.2, 0) is 13.1 Å². The Morgan fingerprint density at radius 3 is 2.52 bits per heavy atom. The second kappa shape index (κ2) is 8.15. The summed E-state index contributed by atoms with van der Waals surface area (Å²) in [5.74, 6) is 1.36. The molecule has 0 fully saturated rings. The maximum absolute atomic E-state index is 13.4. The lowest BCUT2D eigenvalue weighted by Gasteiger charge is -2.29. The smallest absolute Gasteiger partial charge is 0.200 e. The number of hydrogen-bond acceptors (Lipinski definition) is 4. The van der Waals surface area contributed by atoms with E-state index in [9.17, 15) is 4.79 Å². The highest BCUT2D eigenvalue weighted by atomic mass is 79.9. The van der Waals surface area contributed by atoms with E-state index in [0.29, 0.717) is 47.1 Å². The zero-order valence-corrected chi connectivity index (χ0v) is 19.2. The van der Waals surface area contributed by atoms with E-state index in [1.165, 1.54) is 0 Å². The molecule has 0 bridgehead atoms. The Morgan fingerprint density at radius 2 is 1.77 bits per heavy atom. The van der Waals surface area contributed by atoms with Crippen molar-refractivity contribution in [3.05, 3.63) is 97.3 Å². The predicted molar refractivity (Wildman–Crippen MR) is 127 cm³/mol. The van der Waals surface area contributed by atoms with E-state index in [1.54, 1.807) is 6.07 Å². The zero-order chi connectivity index (χ0) is 21.5. The fourth-order valence-electron chi connectivity index (χ4n) is 4.02. The highest BCUT2D eigenvalue weighted by Crippen LogP contribution is 2.34. The second-order valence-corrected chi connectivity index (χ2v) is 9.03. The minimum Gasteiger partial charge on any atom is -0.478 e.